The molecule has 12 heteroatoms. The van der Waals surface area contributed by atoms with Gasteiger partial charge in [0.05, 0.1) is 33.3 Å². The van der Waals surface area contributed by atoms with Crippen LogP contribution in [0.3, 0.4) is 0 Å². The molecular weight excluding hydrogens is 554 g/mol. The number of fused-ring (bicyclic) bond motifs is 2. The topological polar surface area (TPSA) is 122 Å². The average Bonchev–Trinajstić information content (AvgIpc) is 3.05. The van der Waals surface area contributed by atoms with Gasteiger partial charge < -0.3 is 20.5 Å². The minimum absolute atomic E-state index is 0.00196. The largest absolute Gasteiger partial charge is 0.389 e. The summed E-state index contributed by atoms with van der Waals surface area (Å²) in [5, 5.41) is 15.7. The van der Waals surface area contributed by atoms with Crippen molar-refractivity contribution in [1.29, 1.82) is 0 Å². The maximum atomic E-state index is 13.7. The molecule has 5 atom stereocenters. The highest BCUT2D eigenvalue weighted by Gasteiger charge is 2.56. The zero-order valence-electron chi connectivity index (χ0n) is 21.5. The number of methoxy groups -OCH3 is 1. The molecule has 2 amide bonds. The number of carbonyl (C=O) groups excluding carboxylic acids is 2. The quantitative estimate of drug-likeness (QED) is 0.408. The van der Waals surface area contributed by atoms with Crippen molar-refractivity contribution < 1.29 is 36.6 Å². The Kier molecular flexibility index (Phi) is 8.65. The van der Waals surface area contributed by atoms with Crippen LogP contribution in [0, 0.1) is 23.5 Å². The monoisotopic (exact) mass is 584 g/mol. The summed E-state index contributed by atoms with van der Waals surface area (Å²) in [6, 6.07) is 6.67. The molecule has 3 N–H and O–H groups in total. The van der Waals surface area contributed by atoms with Gasteiger partial charge in [0.2, 0.25) is 5.91 Å². The summed E-state index contributed by atoms with van der Waals surface area (Å²) in [5.41, 5.74) is -1.33. The molecule has 2 aromatic carbocycles. The molecule has 0 aliphatic heterocycles. The fourth-order valence-electron chi connectivity index (χ4n) is 5.63. The first-order valence-corrected chi connectivity index (χ1v) is 14.6. The van der Waals surface area contributed by atoms with Crippen molar-refractivity contribution in [2.75, 3.05) is 19.0 Å². The number of carbonyl (C=O) groups is 2. The van der Waals surface area contributed by atoms with Crippen molar-refractivity contribution in [2.45, 2.75) is 60.9 Å². The second-order valence-electron chi connectivity index (χ2n) is 10.4. The molecule has 0 spiro atoms. The molecular formula is C27H31ClF2N2O6S. The van der Waals surface area contributed by atoms with E-state index in [1.807, 2.05) is 0 Å². The van der Waals surface area contributed by atoms with Gasteiger partial charge in [-0.1, -0.05) is 11.6 Å². The number of hydrogen-bond acceptors (Lipinski definition) is 6. The highest BCUT2D eigenvalue weighted by molar-refractivity contribution is 7.92. The number of aliphatic hydroxyl groups is 1. The Morgan fingerprint density at radius 1 is 1.13 bits per heavy atom. The van der Waals surface area contributed by atoms with Crippen LogP contribution in [-0.2, 0) is 19.4 Å². The van der Waals surface area contributed by atoms with Crippen LogP contribution in [-0.4, -0.2) is 55.9 Å². The number of halogens is 3. The minimum atomic E-state index is -4.01. The summed E-state index contributed by atoms with van der Waals surface area (Å²) >= 11 is 6.27. The number of amides is 2. The van der Waals surface area contributed by atoms with Crippen LogP contribution in [0.5, 0.6) is 0 Å². The lowest BCUT2D eigenvalue weighted by Gasteiger charge is -2.42. The third-order valence-electron chi connectivity index (χ3n) is 7.92. The van der Waals surface area contributed by atoms with Crippen molar-refractivity contribution >= 4 is 38.9 Å². The van der Waals surface area contributed by atoms with Crippen LogP contribution in [0.15, 0.2) is 41.3 Å². The van der Waals surface area contributed by atoms with E-state index in [9.17, 15) is 31.9 Å². The van der Waals surface area contributed by atoms with Gasteiger partial charge in [-0.2, -0.15) is 0 Å². The molecule has 0 heterocycles. The maximum absolute atomic E-state index is 13.7. The highest BCUT2D eigenvalue weighted by atomic mass is 35.5. The van der Waals surface area contributed by atoms with Crippen molar-refractivity contribution in [3.05, 3.63) is 58.6 Å². The second kappa shape index (κ2) is 11.5. The Bertz CT molecular complexity index is 1360. The zero-order valence-corrected chi connectivity index (χ0v) is 23.1. The van der Waals surface area contributed by atoms with Crippen molar-refractivity contribution in [1.82, 2.24) is 5.32 Å². The van der Waals surface area contributed by atoms with Gasteiger partial charge in [-0.3, -0.25) is 9.59 Å². The van der Waals surface area contributed by atoms with Crippen LogP contribution < -0.4 is 10.6 Å². The van der Waals surface area contributed by atoms with E-state index in [1.54, 1.807) is 6.92 Å². The third-order valence-corrected chi connectivity index (χ3v) is 10.6. The first-order chi connectivity index (χ1) is 18.3. The van der Waals surface area contributed by atoms with E-state index in [-0.39, 0.29) is 64.3 Å². The van der Waals surface area contributed by atoms with Crippen molar-refractivity contribution in [3.8, 4) is 0 Å². The number of rotatable bonds is 9. The van der Waals surface area contributed by atoms with Crippen LogP contribution in [0.4, 0.5) is 14.5 Å². The summed E-state index contributed by atoms with van der Waals surface area (Å²) in [5.74, 6) is -4.02. The summed E-state index contributed by atoms with van der Waals surface area (Å²) in [7, 11) is -2.48. The SMILES string of the molecule is CO[C@H](C)CNC(=O)C[C@]1(O)C2CC[C@@H]1C[C@@H](S(=O)(=O)c1cc(C(=O)Nc3ccc(F)c(F)c3)ccc1Cl)C2. The number of hydrogen-bond donors (Lipinski definition) is 3. The number of anilines is 1. The molecule has 39 heavy (non-hydrogen) atoms. The van der Waals surface area contributed by atoms with Gasteiger partial charge in [-0.25, -0.2) is 17.2 Å². The Hall–Kier alpha value is -2.60. The average molecular weight is 585 g/mol. The lowest BCUT2D eigenvalue weighted by atomic mass is 9.72. The number of nitrogens with one attached hydrogen (secondary N) is 2. The Balaban J connectivity index is 1.50. The molecule has 2 aliphatic rings. The van der Waals surface area contributed by atoms with Crippen molar-refractivity contribution in [3.63, 3.8) is 0 Å². The Morgan fingerprint density at radius 3 is 2.41 bits per heavy atom. The molecule has 2 aromatic rings. The second-order valence-corrected chi connectivity index (χ2v) is 13.0. The molecule has 2 fully saturated rings. The molecule has 2 aliphatic carbocycles. The number of benzene rings is 2. The van der Waals surface area contributed by atoms with E-state index < -0.39 is 38.2 Å². The first-order valence-electron chi connectivity index (χ1n) is 12.7. The lowest BCUT2D eigenvalue weighted by molar-refractivity contribution is -0.133. The van der Waals surface area contributed by atoms with Gasteiger partial charge in [0, 0.05) is 31.0 Å². The van der Waals surface area contributed by atoms with Crippen LogP contribution in [0.2, 0.25) is 5.02 Å². The summed E-state index contributed by atoms with van der Waals surface area (Å²) in [6.07, 6.45) is 1.20. The standard InChI is InChI=1S/C27H31ClF2N2O6S/c1-15(38-2)14-31-25(33)13-27(35)17-4-5-18(27)11-20(10-17)39(36,37)24-9-16(3-7-21(24)28)26(34)32-19-6-8-22(29)23(30)12-19/h3,6-9,12,15,17-18,20,35H,4-5,10-11,13-14H2,1-2H3,(H,31,33)(H,32,34)/t15-,17-,18?,20-,27-/m1/s1. The molecule has 4 rings (SSSR count). The predicted octanol–water partition coefficient (Wildman–Crippen LogP) is 4.11. The van der Waals surface area contributed by atoms with E-state index in [1.165, 1.54) is 31.4 Å². The third kappa shape index (κ3) is 6.11. The van der Waals surface area contributed by atoms with Gasteiger partial charge in [0.25, 0.3) is 5.91 Å². The Morgan fingerprint density at radius 2 is 1.79 bits per heavy atom. The smallest absolute Gasteiger partial charge is 0.255 e. The van der Waals surface area contributed by atoms with Gasteiger partial charge in [0.1, 0.15) is 0 Å². The van der Waals surface area contributed by atoms with E-state index >= 15 is 0 Å². The lowest BCUT2D eigenvalue weighted by Crippen LogP contribution is -2.51. The Labute approximate surface area is 231 Å². The van der Waals surface area contributed by atoms with Crippen LogP contribution >= 0.6 is 11.6 Å². The van der Waals surface area contributed by atoms with Crippen molar-refractivity contribution in [2.24, 2.45) is 11.8 Å². The molecule has 0 saturated heterocycles. The van der Waals surface area contributed by atoms with E-state index in [4.69, 9.17) is 16.3 Å². The fraction of sp³-hybridized carbons (Fsp3) is 0.481. The predicted molar refractivity (Wildman–Crippen MR) is 141 cm³/mol. The summed E-state index contributed by atoms with van der Waals surface area (Å²) in [4.78, 5) is 25.1. The molecule has 8 nitrogen and oxygen atoms in total. The highest BCUT2D eigenvalue weighted by Crippen LogP contribution is 2.53. The van der Waals surface area contributed by atoms with Gasteiger partial charge in [-0.05, 0) is 74.8 Å². The van der Waals surface area contributed by atoms with E-state index in [0.717, 1.165) is 12.1 Å². The van der Waals surface area contributed by atoms with E-state index in [0.29, 0.717) is 19.4 Å². The van der Waals surface area contributed by atoms with Crippen LogP contribution in [0.1, 0.15) is 49.4 Å². The summed E-state index contributed by atoms with van der Waals surface area (Å²) in [6.45, 7) is 2.11. The minimum Gasteiger partial charge on any atom is -0.389 e. The molecule has 2 saturated carbocycles. The molecule has 2 bridgehead atoms. The molecule has 0 radical (unpaired) electrons. The number of ether oxygens (including phenoxy) is 1. The zero-order chi connectivity index (χ0) is 28.5. The maximum Gasteiger partial charge on any atom is 0.255 e. The summed E-state index contributed by atoms with van der Waals surface area (Å²) < 4.78 is 59.3. The normalized spacial score (nSPS) is 25.2. The molecule has 0 aromatic heterocycles. The van der Waals surface area contributed by atoms with Gasteiger partial charge in [-0.15, -0.1) is 0 Å². The first kappa shape index (κ1) is 29.4. The van der Waals surface area contributed by atoms with Crippen LogP contribution in [0.25, 0.3) is 0 Å². The van der Waals surface area contributed by atoms with Gasteiger partial charge in [0.15, 0.2) is 21.5 Å². The van der Waals surface area contributed by atoms with E-state index in [2.05, 4.69) is 10.6 Å². The fourth-order valence-corrected chi connectivity index (χ4v) is 8.03. The number of sulfone groups is 1. The van der Waals surface area contributed by atoms with Gasteiger partial charge >= 0.3 is 0 Å². The molecule has 1 unspecified atom stereocenters. The molecule has 212 valence electrons.